The summed E-state index contributed by atoms with van der Waals surface area (Å²) in [4.78, 5) is 16.3. The van der Waals surface area contributed by atoms with Crippen LogP contribution in [0.3, 0.4) is 0 Å². The van der Waals surface area contributed by atoms with Crippen LogP contribution in [0.1, 0.15) is 34.1 Å². The van der Waals surface area contributed by atoms with E-state index >= 15 is 0 Å². The van der Waals surface area contributed by atoms with Crippen LogP contribution in [-0.2, 0) is 9.47 Å². The minimum atomic E-state index is -0.463. The lowest BCUT2D eigenvalue weighted by atomic mass is 10.1. The predicted octanol–water partition coefficient (Wildman–Crippen LogP) is 1.55. The van der Waals surface area contributed by atoms with E-state index in [0.717, 1.165) is 19.5 Å². The zero-order valence-corrected chi connectivity index (χ0v) is 15.0. The Bertz CT molecular complexity index is 342. The summed E-state index contributed by atoms with van der Waals surface area (Å²) in [6.45, 7) is 11.5. The summed E-state index contributed by atoms with van der Waals surface area (Å²) in [6, 6.07) is 0.405. The van der Waals surface area contributed by atoms with Crippen molar-refractivity contribution in [3.8, 4) is 0 Å². The smallest absolute Gasteiger partial charge is 0.410 e. The number of hydrogen-bond donors (Lipinski definition) is 1. The van der Waals surface area contributed by atoms with E-state index in [-0.39, 0.29) is 12.1 Å². The first-order valence-corrected chi connectivity index (χ1v) is 8.14. The van der Waals surface area contributed by atoms with E-state index in [1.807, 2.05) is 25.7 Å². The number of nitrogens with zero attached hydrogens (tertiary/aromatic N) is 2. The lowest BCUT2D eigenvalue weighted by molar-refractivity contribution is -0.0355. The average Bonchev–Trinajstić information content (AvgIpc) is 2.36. The van der Waals surface area contributed by atoms with E-state index in [4.69, 9.17) is 9.47 Å². The highest BCUT2D eigenvalue weighted by molar-refractivity contribution is 5.68. The molecular weight excluding hydrogens is 282 g/mol. The molecule has 2 atom stereocenters. The standard InChI is InChI=1S/C16H33N3O3/c1-13(17-7-8-18(5)6)11-14-12-21-10-9-19(14)15(20)22-16(2,3)4/h13-14,17H,7-12H2,1-6H3. The number of ether oxygens (including phenoxy) is 2. The van der Waals surface area contributed by atoms with Crippen molar-refractivity contribution < 1.29 is 14.3 Å². The fraction of sp³-hybridized carbons (Fsp3) is 0.938. The van der Waals surface area contributed by atoms with Crippen LogP contribution in [0.15, 0.2) is 0 Å². The molecule has 2 unspecified atom stereocenters. The topological polar surface area (TPSA) is 54.0 Å². The quantitative estimate of drug-likeness (QED) is 0.806. The lowest BCUT2D eigenvalue weighted by Crippen LogP contribution is -2.52. The second kappa shape index (κ2) is 8.70. The van der Waals surface area contributed by atoms with Crippen molar-refractivity contribution >= 4 is 6.09 Å². The number of rotatable bonds is 6. The third-order valence-corrected chi connectivity index (χ3v) is 3.53. The van der Waals surface area contributed by atoms with Crippen LogP contribution in [0, 0.1) is 0 Å². The third-order valence-electron chi connectivity index (χ3n) is 3.53. The van der Waals surface area contributed by atoms with Crippen molar-refractivity contribution in [1.29, 1.82) is 0 Å². The maximum Gasteiger partial charge on any atom is 0.410 e. The van der Waals surface area contributed by atoms with Crippen LogP contribution in [-0.4, -0.2) is 80.5 Å². The van der Waals surface area contributed by atoms with E-state index < -0.39 is 5.60 Å². The molecule has 1 aliphatic heterocycles. The highest BCUT2D eigenvalue weighted by Gasteiger charge is 2.31. The fourth-order valence-electron chi connectivity index (χ4n) is 2.44. The van der Waals surface area contributed by atoms with E-state index in [2.05, 4.69) is 31.2 Å². The van der Waals surface area contributed by atoms with Crippen molar-refractivity contribution in [3.05, 3.63) is 0 Å². The van der Waals surface area contributed by atoms with Crippen LogP contribution < -0.4 is 5.32 Å². The first-order valence-electron chi connectivity index (χ1n) is 8.14. The molecule has 1 aliphatic rings. The number of carbonyl (C=O) groups excluding carboxylic acids is 1. The molecule has 1 rings (SSSR count). The van der Waals surface area contributed by atoms with Gasteiger partial charge in [0.2, 0.25) is 0 Å². The predicted molar refractivity (Wildman–Crippen MR) is 88.2 cm³/mol. The monoisotopic (exact) mass is 315 g/mol. The Hall–Kier alpha value is -0.850. The number of likely N-dealkylation sites (N-methyl/N-ethyl adjacent to an activating group) is 1. The van der Waals surface area contributed by atoms with Crippen molar-refractivity contribution in [2.24, 2.45) is 0 Å². The van der Waals surface area contributed by atoms with Gasteiger partial charge in [-0.05, 0) is 48.2 Å². The number of amides is 1. The van der Waals surface area contributed by atoms with Crippen LogP contribution >= 0.6 is 0 Å². The normalized spacial score (nSPS) is 21.0. The van der Waals surface area contributed by atoms with Crippen LogP contribution in [0.2, 0.25) is 0 Å². The van der Waals surface area contributed by atoms with Gasteiger partial charge in [-0.3, -0.25) is 0 Å². The Kier molecular flexibility index (Phi) is 7.59. The highest BCUT2D eigenvalue weighted by Crippen LogP contribution is 2.17. The van der Waals surface area contributed by atoms with E-state index in [1.165, 1.54) is 0 Å². The minimum Gasteiger partial charge on any atom is -0.444 e. The molecule has 1 amide bonds. The van der Waals surface area contributed by atoms with Crippen LogP contribution in [0.25, 0.3) is 0 Å². The molecular formula is C16H33N3O3. The van der Waals surface area contributed by atoms with Gasteiger partial charge in [0, 0.05) is 25.7 Å². The maximum atomic E-state index is 12.3. The number of morpholine rings is 1. The largest absolute Gasteiger partial charge is 0.444 e. The van der Waals surface area contributed by atoms with Gasteiger partial charge in [0.25, 0.3) is 0 Å². The maximum absolute atomic E-state index is 12.3. The lowest BCUT2D eigenvalue weighted by Gasteiger charge is -2.37. The molecule has 0 aromatic carbocycles. The second-order valence-corrected chi connectivity index (χ2v) is 7.30. The molecule has 1 saturated heterocycles. The van der Waals surface area contributed by atoms with Gasteiger partial charge in [0.05, 0.1) is 19.3 Å². The molecule has 0 bridgehead atoms. The summed E-state index contributed by atoms with van der Waals surface area (Å²) in [5, 5.41) is 3.49. The fourth-order valence-corrected chi connectivity index (χ4v) is 2.44. The zero-order chi connectivity index (χ0) is 16.8. The molecule has 0 radical (unpaired) electrons. The van der Waals surface area contributed by atoms with E-state index in [9.17, 15) is 4.79 Å². The van der Waals surface area contributed by atoms with Gasteiger partial charge >= 0.3 is 6.09 Å². The molecule has 0 spiro atoms. The first kappa shape index (κ1) is 19.2. The molecule has 0 aliphatic carbocycles. The average molecular weight is 315 g/mol. The molecule has 130 valence electrons. The van der Waals surface area contributed by atoms with Gasteiger partial charge in [-0.25, -0.2) is 4.79 Å². The van der Waals surface area contributed by atoms with Gasteiger partial charge in [0.15, 0.2) is 0 Å². The third kappa shape index (κ3) is 7.42. The van der Waals surface area contributed by atoms with Crippen LogP contribution in [0.4, 0.5) is 4.79 Å². The Morgan fingerprint density at radius 1 is 1.45 bits per heavy atom. The Balaban J connectivity index is 2.49. The number of nitrogens with one attached hydrogen (secondary N) is 1. The zero-order valence-electron chi connectivity index (χ0n) is 15.0. The molecule has 1 N–H and O–H groups in total. The molecule has 6 heteroatoms. The van der Waals surface area contributed by atoms with Gasteiger partial charge in [0.1, 0.15) is 5.60 Å². The van der Waals surface area contributed by atoms with Gasteiger partial charge < -0.3 is 24.6 Å². The molecule has 0 aromatic heterocycles. The van der Waals surface area contributed by atoms with Gasteiger partial charge in [-0.2, -0.15) is 0 Å². The second-order valence-electron chi connectivity index (χ2n) is 7.30. The summed E-state index contributed by atoms with van der Waals surface area (Å²) in [6.07, 6.45) is 0.633. The Labute approximate surface area is 135 Å². The van der Waals surface area contributed by atoms with Crippen molar-refractivity contribution in [3.63, 3.8) is 0 Å². The Morgan fingerprint density at radius 3 is 2.73 bits per heavy atom. The molecule has 1 heterocycles. The van der Waals surface area contributed by atoms with Gasteiger partial charge in [-0.1, -0.05) is 0 Å². The van der Waals surface area contributed by atoms with Crippen molar-refractivity contribution in [2.45, 2.75) is 51.8 Å². The first-order chi connectivity index (χ1) is 10.2. The molecule has 22 heavy (non-hydrogen) atoms. The van der Waals surface area contributed by atoms with Crippen LogP contribution in [0.5, 0.6) is 0 Å². The summed E-state index contributed by atoms with van der Waals surface area (Å²) in [5.41, 5.74) is -0.463. The van der Waals surface area contributed by atoms with Gasteiger partial charge in [-0.15, -0.1) is 0 Å². The molecule has 0 saturated carbocycles. The summed E-state index contributed by atoms with van der Waals surface area (Å²) in [7, 11) is 4.12. The summed E-state index contributed by atoms with van der Waals surface area (Å²) < 4.78 is 11.1. The Morgan fingerprint density at radius 2 is 2.14 bits per heavy atom. The minimum absolute atomic E-state index is 0.0745. The SMILES string of the molecule is CC(CC1COCCN1C(=O)OC(C)(C)C)NCCN(C)C. The molecule has 6 nitrogen and oxygen atoms in total. The van der Waals surface area contributed by atoms with E-state index in [1.54, 1.807) is 0 Å². The molecule has 1 fully saturated rings. The molecule has 0 aromatic rings. The van der Waals surface area contributed by atoms with Crippen molar-refractivity contribution in [1.82, 2.24) is 15.1 Å². The van der Waals surface area contributed by atoms with E-state index in [0.29, 0.717) is 25.8 Å². The van der Waals surface area contributed by atoms with Crippen molar-refractivity contribution in [2.75, 3.05) is 46.9 Å². The number of carbonyl (C=O) groups is 1. The summed E-state index contributed by atoms with van der Waals surface area (Å²) in [5.74, 6) is 0. The highest BCUT2D eigenvalue weighted by atomic mass is 16.6. The number of hydrogen-bond acceptors (Lipinski definition) is 5. The summed E-state index contributed by atoms with van der Waals surface area (Å²) >= 11 is 0.